The molecule has 0 aliphatic rings. The highest BCUT2D eigenvalue weighted by molar-refractivity contribution is 5.97. The van der Waals surface area contributed by atoms with Gasteiger partial charge in [0.05, 0.1) is 5.56 Å². The van der Waals surface area contributed by atoms with Crippen molar-refractivity contribution in [3.63, 3.8) is 0 Å². The zero-order valence-corrected chi connectivity index (χ0v) is 12.9. The fourth-order valence-corrected chi connectivity index (χ4v) is 2.52. The van der Waals surface area contributed by atoms with E-state index in [4.69, 9.17) is 4.42 Å². The maximum absolute atomic E-state index is 11.6. The molecular formula is C19H18O3. The number of para-hydroxylation sites is 1. The monoisotopic (exact) mass is 294 g/mol. The molecular weight excluding hydrogens is 276 g/mol. The molecule has 22 heavy (non-hydrogen) atoms. The third-order valence-corrected chi connectivity index (χ3v) is 3.81. The van der Waals surface area contributed by atoms with E-state index in [0.717, 1.165) is 16.5 Å². The molecule has 0 aliphatic carbocycles. The highest BCUT2D eigenvalue weighted by atomic mass is 16.4. The summed E-state index contributed by atoms with van der Waals surface area (Å²) in [4.78, 5) is 11.6. The second kappa shape index (κ2) is 5.02. The zero-order valence-electron chi connectivity index (χ0n) is 12.9. The maximum Gasteiger partial charge on any atom is 0.336 e. The summed E-state index contributed by atoms with van der Waals surface area (Å²) in [5.41, 5.74) is 2.53. The van der Waals surface area contributed by atoms with Crippen molar-refractivity contribution in [1.82, 2.24) is 0 Å². The molecule has 0 bridgehead atoms. The van der Waals surface area contributed by atoms with Crippen LogP contribution in [0.4, 0.5) is 0 Å². The van der Waals surface area contributed by atoms with Gasteiger partial charge in [0.1, 0.15) is 11.3 Å². The quantitative estimate of drug-likeness (QED) is 0.715. The average molecular weight is 294 g/mol. The molecule has 0 unspecified atom stereocenters. The molecule has 0 amide bonds. The molecule has 3 nitrogen and oxygen atoms in total. The molecule has 0 spiro atoms. The van der Waals surface area contributed by atoms with Gasteiger partial charge in [-0.05, 0) is 29.2 Å². The molecule has 0 saturated carbocycles. The summed E-state index contributed by atoms with van der Waals surface area (Å²) in [6.45, 7) is 6.19. The van der Waals surface area contributed by atoms with Crippen LogP contribution in [0.5, 0.6) is 0 Å². The molecule has 112 valence electrons. The van der Waals surface area contributed by atoms with Crippen molar-refractivity contribution in [2.75, 3.05) is 0 Å². The van der Waals surface area contributed by atoms with Crippen LogP contribution in [0, 0.1) is 0 Å². The first-order chi connectivity index (χ1) is 10.4. The van der Waals surface area contributed by atoms with Crippen LogP contribution < -0.4 is 0 Å². The van der Waals surface area contributed by atoms with Crippen LogP contribution in [0.15, 0.2) is 52.9 Å². The molecule has 0 saturated heterocycles. The van der Waals surface area contributed by atoms with E-state index in [0.29, 0.717) is 11.3 Å². The minimum Gasteiger partial charge on any atom is -0.478 e. The smallest absolute Gasteiger partial charge is 0.336 e. The number of carboxylic acids is 1. The summed E-state index contributed by atoms with van der Waals surface area (Å²) in [7, 11) is 0. The molecule has 3 aromatic rings. The van der Waals surface area contributed by atoms with Gasteiger partial charge in [-0.2, -0.15) is 0 Å². The summed E-state index contributed by atoms with van der Waals surface area (Å²) in [5.74, 6) is -0.361. The molecule has 3 rings (SSSR count). The minimum atomic E-state index is -0.943. The molecule has 1 aromatic heterocycles. The van der Waals surface area contributed by atoms with Gasteiger partial charge >= 0.3 is 5.97 Å². The summed E-state index contributed by atoms with van der Waals surface area (Å²) in [6.07, 6.45) is 0. The van der Waals surface area contributed by atoms with Crippen LogP contribution in [-0.2, 0) is 5.41 Å². The lowest BCUT2D eigenvalue weighted by Gasteiger charge is -2.20. The number of carbonyl (C=O) groups is 1. The normalized spacial score (nSPS) is 11.8. The third-order valence-electron chi connectivity index (χ3n) is 3.81. The van der Waals surface area contributed by atoms with Gasteiger partial charge in [-0.15, -0.1) is 0 Å². The minimum absolute atomic E-state index is 0.101. The molecule has 3 heteroatoms. The number of hydrogen-bond donors (Lipinski definition) is 1. The van der Waals surface area contributed by atoms with E-state index in [9.17, 15) is 9.90 Å². The Kier molecular flexibility index (Phi) is 3.28. The largest absolute Gasteiger partial charge is 0.478 e. The molecule has 0 atom stereocenters. The lowest BCUT2D eigenvalue weighted by Crippen LogP contribution is -2.12. The second-order valence-corrected chi connectivity index (χ2v) is 6.46. The van der Waals surface area contributed by atoms with Crippen LogP contribution in [0.2, 0.25) is 0 Å². The Morgan fingerprint density at radius 2 is 1.77 bits per heavy atom. The molecule has 1 N–H and O–H groups in total. The topological polar surface area (TPSA) is 50.4 Å². The highest BCUT2D eigenvalue weighted by Gasteiger charge is 2.20. The van der Waals surface area contributed by atoms with Crippen molar-refractivity contribution in [3.8, 4) is 11.3 Å². The Balaban J connectivity index is 2.19. The number of fused-ring (bicyclic) bond motifs is 1. The SMILES string of the molecule is CC(C)(C)c1ccc(-c2cc3ccccc3o2)c(C(=O)O)c1. The number of furan rings is 1. The lowest BCUT2D eigenvalue weighted by molar-refractivity contribution is 0.0697. The summed E-state index contributed by atoms with van der Waals surface area (Å²) < 4.78 is 5.81. The Bertz CT molecular complexity index is 817. The number of rotatable bonds is 2. The van der Waals surface area contributed by atoms with E-state index in [1.807, 2.05) is 42.5 Å². The van der Waals surface area contributed by atoms with E-state index in [1.165, 1.54) is 0 Å². The van der Waals surface area contributed by atoms with Gasteiger partial charge in [0.15, 0.2) is 0 Å². The number of hydrogen-bond acceptors (Lipinski definition) is 2. The predicted molar refractivity (Wildman–Crippen MR) is 87.3 cm³/mol. The molecule has 0 aliphatic heterocycles. The Labute approximate surface area is 129 Å². The van der Waals surface area contributed by atoms with Crippen LogP contribution >= 0.6 is 0 Å². The van der Waals surface area contributed by atoms with Crippen molar-refractivity contribution >= 4 is 16.9 Å². The lowest BCUT2D eigenvalue weighted by atomic mass is 9.85. The van der Waals surface area contributed by atoms with Gasteiger partial charge in [-0.1, -0.05) is 51.1 Å². The summed E-state index contributed by atoms with van der Waals surface area (Å²) in [6, 6.07) is 15.1. The van der Waals surface area contributed by atoms with Gasteiger partial charge in [0, 0.05) is 10.9 Å². The van der Waals surface area contributed by atoms with Crippen molar-refractivity contribution in [3.05, 3.63) is 59.7 Å². The van der Waals surface area contributed by atoms with E-state index in [-0.39, 0.29) is 11.0 Å². The van der Waals surface area contributed by atoms with Crippen LogP contribution in [0.3, 0.4) is 0 Å². The standard InChI is InChI=1S/C19H18O3/c1-19(2,3)13-8-9-14(15(11-13)18(20)21)17-10-12-6-4-5-7-16(12)22-17/h4-11H,1-3H3,(H,20,21). The molecule has 0 fully saturated rings. The van der Waals surface area contributed by atoms with E-state index in [2.05, 4.69) is 20.8 Å². The van der Waals surface area contributed by atoms with Crippen molar-refractivity contribution in [2.24, 2.45) is 0 Å². The number of aromatic carboxylic acids is 1. The molecule has 1 heterocycles. The predicted octanol–water partition coefficient (Wildman–Crippen LogP) is 5.10. The zero-order chi connectivity index (χ0) is 15.9. The average Bonchev–Trinajstić information content (AvgIpc) is 2.89. The van der Waals surface area contributed by atoms with Crippen molar-refractivity contribution in [1.29, 1.82) is 0 Å². The summed E-state index contributed by atoms with van der Waals surface area (Å²) >= 11 is 0. The van der Waals surface area contributed by atoms with Gasteiger partial charge in [0.2, 0.25) is 0 Å². The van der Waals surface area contributed by atoms with E-state index < -0.39 is 5.97 Å². The fourth-order valence-electron chi connectivity index (χ4n) is 2.52. The van der Waals surface area contributed by atoms with Gasteiger partial charge in [0.25, 0.3) is 0 Å². The first-order valence-corrected chi connectivity index (χ1v) is 7.23. The second-order valence-electron chi connectivity index (χ2n) is 6.46. The Morgan fingerprint density at radius 1 is 1.05 bits per heavy atom. The van der Waals surface area contributed by atoms with Crippen LogP contribution in [-0.4, -0.2) is 11.1 Å². The van der Waals surface area contributed by atoms with E-state index >= 15 is 0 Å². The van der Waals surface area contributed by atoms with E-state index in [1.54, 1.807) is 6.07 Å². The van der Waals surface area contributed by atoms with Crippen molar-refractivity contribution < 1.29 is 14.3 Å². The Morgan fingerprint density at radius 3 is 2.41 bits per heavy atom. The van der Waals surface area contributed by atoms with Gasteiger partial charge < -0.3 is 9.52 Å². The van der Waals surface area contributed by atoms with Crippen LogP contribution in [0.1, 0.15) is 36.7 Å². The number of carboxylic acid groups (broad SMARTS) is 1. The summed E-state index contributed by atoms with van der Waals surface area (Å²) in [5, 5.41) is 10.5. The number of benzene rings is 2. The first-order valence-electron chi connectivity index (χ1n) is 7.23. The highest BCUT2D eigenvalue weighted by Crippen LogP contribution is 2.33. The van der Waals surface area contributed by atoms with Gasteiger partial charge in [-0.25, -0.2) is 4.79 Å². The van der Waals surface area contributed by atoms with Crippen molar-refractivity contribution in [2.45, 2.75) is 26.2 Å². The third kappa shape index (κ3) is 2.50. The molecule has 0 radical (unpaired) electrons. The fraction of sp³-hybridized carbons (Fsp3) is 0.211. The first kappa shape index (κ1) is 14.4. The van der Waals surface area contributed by atoms with Gasteiger partial charge in [-0.3, -0.25) is 0 Å². The Hall–Kier alpha value is -2.55. The maximum atomic E-state index is 11.6. The molecule has 2 aromatic carbocycles. The van der Waals surface area contributed by atoms with Crippen LogP contribution in [0.25, 0.3) is 22.3 Å².